The summed E-state index contributed by atoms with van der Waals surface area (Å²) >= 11 is 0. The third-order valence-corrected chi connectivity index (χ3v) is 9.05. The summed E-state index contributed by atoms with van der Waals surface area (Å²) in [4.78, 5) is 71.4. The highest BCUT2D eigenvalue weighted by molar-refractivity contribution is 6.11. The van der Waals surface area contributed by atoms with Gasteiger partial charge in [0.1, 0.15) is 28.9 Å². The second kappa shape index (κ2) is 16.8. The van der Waals surface area contributed by atoms with Gasteiger partial charge in [-0.3, -0.25) is 15.0 Å². The molecule has 0 radical (unpaired) electrons. The van der Waals surface area contributed by atoms with Gasteiger partial charge in [0.15, 0.2) is 5.69 Å². The number of amidine groups is 1. The molecule has 290 valence electrons. The number of nitrogens with zero attached hydrogens (tertiary/aromatic N) is 1. The molecule has 2 heterocycles. The van der Waals surface area contributed by atoms with Crippen molar-refractivity contribution in [3.8, 4) is 16.9 Å². The lowest BCUT2D eigenvalue weighted by Gasteiger charge is -2.34. The zero-order valence-corrected chi connectivity index (χ0v) is 31.4. The van der Waals surface area contributed by atoms with Crippen molar-refractivity contribution in [2.45, 2.75) is 71.3 Å². The molecule has 0 bridgehead atoms. The van der Waals surface area contributed by atoms with Gasteiger partial charge in [0.2, 0.25) is 6.29 Å². The van der Waals surface area contributed by atoms with Crippen molar-refractivity contribution >= 4 is 47.4 Å². The summed E-state index contributed by atoms with van der Waals surface area (Å²) in [6.45, 7) is 11.2. The predicted molar refractivity (Wildman–Crippen MR) is 204 cm³/mol. The number of cyclic esters (lactones) is 1. The molecule has 1 aromatic heterocycles. The van der Waals surface area contributed by atoms with E-state index in [4.69, 9.17) is 30.1 Å². The fraction of sp³-hybridized carbons (Fsp3) is 0.375. The van der Waals surface area contributed by atoms with Crippen LogP contribution in [-0.2, 0) is 19.0 Å². The van der Waals surface area contributed by atoms with Crippen molar-refractivity contribution in [3.63, 3.8) is 0 Å². The molecule has 1 unspecified atom stereocenters. The molecule has 2 aromatic carbocycles. The molecule has 1 saturated heterocycles. The van der Waals surface area contributed by atoms with Crippen molar-refractivity contribution in [3.05, 3.63) is 83.2 Å². The lowest BCUT2D eigenvalue weighted by Crippen LogP contribution is -2.53. The molecule has 6 N–H and O–H groups in total. The van der Waals surface area contributed by atoms with Gasteiger partial charge in [0.25, 0.3) is 11.8 Å². The predicted octanol–water partition coefficient (Wildman–Crippen LogP) is 5.43. The Labute approximate surface area is 318 Å². The number of nitrogens with two attached hydrogens (primary N) is 1. The first-order valence-electron chi connectivity index (χ1n) is 17.9. The lowest BCUT2D eigenvalue weighted by molar-refractivity contribution is -0.186. The summed E-state index contributed by atoms with van der Waals surface area (Å²) in [5.41, 5.74) is 6.16. The van der Waals surface area contributed by atoms with E-state index in [1.807, 2.05) is 6.92 Å². The molecule has 1 aliphatic carbocycles. The van der Waals surface area contributed by atoms with Crippen LogP contribution in [0.15, 0.2) is 55.1 Å². The van der Waals surface area contributed by atoms with Crippen LogP contribution in [0.4, 0.5) is 10.5 Å². The molecule has 1 aliphatic heterocycles. The SMILES string of the molecule is C=Cc1cc(C(=O)Nc2ccc(C(=N)N)cc2)c(-c2ccc(C(=O)NCC3CC3)nc2C(=O)OC2C[C@@H](CC)[C@H](NC(=O)OC(C)(C)C)C(=O)O2)cc1OC. The summed E-state index contributed by atoms with van der Waals surface area (Å²) in [5, 5.41) is 15.9. The summed E-state index contributed by atoms with van der Waals surface area (Å²) in [5.74, 6) is -2.83. The number of pyridine rings is 1. The molecule has 3 aromatic rings. The Kier molecular flexibility index (Phi) is 12.2. The van der Waals surface area contributed by atoms with Crippen LogP contribution in [0, 0.1) is 17.2 Å². The number of methoxy groups -OCH3 is 1. The lowest BCUT2D eigenvalue weighted by atomic mass is 9.91. The van der Waals surface area contributed by atoms with Crippen LogP contribution >= 0.6 is 0 Å². The summed E-state index contributed by atoms with van der Waals surface area (Å²) in [6, 6.07) is 11.3. The minimum Gasteiger partial charge on any atom is -0.496 e. The van der Waals surface area contributed by atoms with Crippen molar-refractivity contribution < 1.29 is 42.9 Å². The number of benzene rings is 2. The maximum absolute atomic E-state index is 14.1. The average Bonchev–Trinajstić information content (AvgIpc) is 3.98. The quantitative estimate of drug-likeness (QED) is 0.0842. The number of carbonyl (C=O) groups is 5. The van der Waals surface area contributed by atoms with E-state index in [0.717, 1.165) is 12.8 Å². The number of ether oxygens (including phenoxy) is 4. The number of nitrogens with one attached hydrogen (secondary N) is 4. The van der Waals surface area contributed by atoms with E-state index >= 15 is 0 Å². The summed E-state index contributed by atoms with van der Waals surface area (Å²) < 4.78 is 22.2. The molecular formula is C40H46N6O9. The monoisotopic (exact) mass is 754 g/mol. The molecule has 2 fully saturated rings. The van der Waals surface area contributed by atoms with Crippen LogP contribution in [0.25, 0.3) is 17.2 Å². The van der Waals surface area contributed by atoms with Crippen molar-refractivity contribution in [2.24, 2.45) is 17.6 Å². The number of hydrogen-bond acceptors (Lipinski definition) is 11. The number of amides is 3. The van der Waals surface area contributed by atoms with Gasteiger partial charge in [-0.25, -0.2) is 19.4 Å². The Balaban J connectivity index is 1.51. The van der Waals surface area contributed by atoms with Crippen LogP contribution in [-0.4, -0.2) is 72.3 Å². The Bertz CT molecular complexity index is 2000. The number of rotatable bonds is 13. The largest absolute Gasteiger partial charge is 0.496 e. The number of hydrogen-bond donors (Lipinski definition) is 5. The molecule has 55 heavy (non-hydrogen) atoms. The summed E-state index contributed by atoms with van der Waals surface area (Å²) in [6.07, 6.45) is 1.84. The Morgan fingerprint density at radius 1 is 1.05 bits per heavy atom. The topological polar surface area (TPSA) is 221 Å². The summed E-state index contributed by atoms with van der Waals surface area (Å²) in [7, 11) is 1.44. The first-order chi connectivity index (χ1) is 26.1. The smallest absolute Gasteiger partial charge is 0.408 e. The van der Waals surface area contributed by atoms with Gasteiger partial charge in [-0.15, -0.1) is 0 Å². The minimum atomic E-state index is -1.36. The normalized spacial score (nSPS) is 17.9. The van der Waals surface area contributed by atoms with E-state index in [0.29, 0.717) is 41.4 Å². The maximum Gasteiger partial charge on any atom is 0.408 e. The zero-order valence-electron chi connectivity index (χ0n) is 31.4. The van der Waals surface area contributed by atoms with Crippen LogP contribution in [0.2, 0.25) is 0 Å². The van der Waals surface area contributed by atoms with Crippen LogP contribution in [0.1, 0.15) is 95.8 Å². The van der Waals surface area contributed by atoms with Gasteiger partial charge in [-0.1, -0.05) is 26.0 Å². The molecule has 3 atom stereocenters. The van der Waals surface area contributed by atoms with Gasteiger partial charge >= 0.3 is 18.0 Å². The second-order valence-electron chi connectivity index (χ2n) is 14.3. The standard InChI is InChI=1S/C40H46N6O9/c1-7-22-17-28(35(47)44-25-13-11-24(12-14-25)34(41)42)27(19-30(22)52-6)26-15-16-29(36(48)43-20-21-9-10-21)45-33(26)38(50)54-31-18-23(8-2)32(37(49)53-31)46-39(51)55-40(3,4)5/h7,11-17,19,21,23,31-32H,1,8-10,18,20H2,2-6H3,(H3,41,42)(H,43,48)(H,44,47)(H,46,51)/t23-,31?,32+/m1/s1. The first kappa shape index (κ1) is 39.9. The van der Waals surface area contributed by atoms with E-state index in [1.165, 1.54) is 25.3 Å². The molecule has 3 amide bonds. The molecule has 15 nitrogen and oxygen atoms in total. The van der Waals surface area contributed by atoms with E-state index in [-0.39, 0.29) is 40.3 Å². The fourth-order valence-electron chi connectivity index (χ4n) is 5.97. The van der Waals surface area contributed by atoms with Crippen molar-refractivity contribution in [1.29, 1.82) is 5.41 Å². The van der Waals surface area contributed by atoms with Crippen molar-refractivity contribution in [2.75, 3.05) is 19.0 Å². The Morgan fingerprint density at radius 3 is 2.36 bits per heavy atom. The van der Waals surface area contributed by atoms with Crippen LogP contribution < -0.4 is 26.4 Å². The first-order valence-corrected chi connectivity index (χ1v) is 17.9. The molecule has 1 saturated carbocycles. The van der Waals surface area contributed by atoms with E-state index < -0.39 is 53.7 Å². The highest BCUT2D eigenvalue weighted by Crippen LogP contribution is 2.35. The zero-order chi connectivity index (χ0) is 40.0. The fourth-order valence-corrected chi connectivity index (χ4v) is 5.97. The highest BCUT2D eigenvalue weighted by Gasteiger charge is 2.41. The van der Waals surface area contributed by atoms with E-state index in [9.17, 15) is 24.0 Å². The number of carbonyl (C=O) groups excluding carboxylic acids is 5. The van der Waals surface area contributed by atoms with Crippen LogP contribution in [0.5, 0.6) is 5.75 Å². The number of alkyl carbamates (subject to hydrolysis) is 1. The third-order valence-electron chi connectivity index (χ3n) is 9.05. The number of esters is 2. The Morgan fingerprint density at radius 2 is 1.76 bits per heavy atom. The van der Waals surface area contributed by atoms with Gasteiger partial charge in [0, 0.05) is 46.5 Å². The van der Waals surface area contributed by atoms with Gasteiger partial charge in [0.05, 0.1) is 7.11 Å². The number of nitrogen functional groups attached to an aromatic ring is 1. The van der Waals surface area contributed by atoms with E-state index in [1.54, 1.807) is 57.2 Å². The molecule has 0 spiro atoms. The van der Waals surface area contributed by atoms with Crippen molar-refractivity contribution in [1.82, 2.24) is 15.6 Å². The van der Waals surface area contributed by atoms with Gasteiger partial charge in [-0.05, 0) is 94.0 Å². The van der Waals surface area contributed by atoms with Gasteiger partial charge in [-0.2, -0.15) is 0 Å². The highest BCUT2D eigenvalue weighted by atomic mass is 16.7. The number of aromatic nitrogens is 1. The third kappa shape index (κ3) is 10.0. The second-order valence-corrected chi connectivity index (χ2v) is 14.3. The molecule has 15 heteroatoms. The molecule has 5 rings (SSSR count). The molecular weight excluding hydrogens is 708 g/mol. The number of anilines is 1. The van der Waals surface area contributed by atoms with Crippen LogP contribution in [0.3, 0.4) is 0 Å². The van der Waals surface area contributed by atoms with E-state index in [2.05, 4.69) is 27.5 Å². The maximum atomic E-state index is 14.1. The Hall–Kier alpha value is -6.25. The molecule has 2 aliphatic rings. The average molecular weight is 755 g/mol. The minimum absolute atomic E-state index is 0.0449. The van der Waals surface area contributed by atoms with Gasteiger partial charge < -0.3 is 40.6 Å².